The van der Waals surface area contributed by atoms with E-state index in [0.717, 1.165) is 18.7 Å². The molecule has 16 heavy (non-hydrogen) atoms. The smallest absolute Gasteiger partial charge is 0.342 e. The third-order valence-electron chi connectivity index (χ3n) is 2.96. The van der Waals surface area contributed by atoms with Crippen molar-refractivity contribution in [1.29, 1.82) is 0 Å². The number of carbonyl (C=O) groups is 2. The number of hydrogen-bond acceptors (Lipinski definition) is 3. The Balaban J connectivity index is 2.46. The van der Waals surface area contributed by atoms with Gasteiger partial charge in [-0.25, -0.2) is 4.79 Å². The van der Waals surface area contributed by atoms with Gasteiger partial charge in [-0.2, -0.15) is 0 Å². The Kier molecular flexibility index (Phi) is 2.46. The lowest BCUT2D eigenvalue weighted by Gasteiger charge is -2.40. The van der Waals surface area contributed by atoms with Crippen LogP contribution in [0.3, 0.4) is 0 Å². The molecule has 0 saturated carbocycles. The van der Waals surface area contributed by atoms with Gasteiger partial charge < -0.3 is 10.0 Å². The molecule has 0 saturated heterocycles. The van der Waals surface area contributed by atoms with Crippen LogP contribution in [0, 0.1) is 0 Å². The van der Waals surface area contributed by atoms with Gasteiger partial charge in [0.25, 0.3) is 5.91 Å². The SMILES string of the molecule is CC1CCC=C2N(C)C=C(C(=O)O)C(=O)N21. The van der Waals surface area contributed by atoms with E-state index < -0.39 is 11.9 Å². The second-order valence-electron chi connectivity index (χ2n) is 4.12. The fourth-order valence-electron chi connectivity index (χ4n) is 2.12. The molecule has 2 heterocycles. The quantitative estimate of drug-likeness (QED) is 0.665. The van der Waals surface area contributed by atoms with Crippen molar-refractivity contribution in [2.45, 2.75) is 25.8 Å². The normalized spacial score (nSPS) is 24.9. The molecule has 0 radical (unpaired) electrons. The van der Waals surface area contributed by atoms with Crippen LogP contribution in [0.25, 0.3) is 0 Å². The van der Waals surface area contributed by atoms with E-state index in [1.54, 1.807) is 16.8 Å². The minimum absolute atomic E-state index is 0.0537. The first kappa shape index (κ1) is 10.7. The Morgan fingerprint density at radius 2 is 2.25 bits per heavy atom. The number of amides is 1. The van der Waals surface area contributed by atoms with Crippen LogP contribution in [0.1, 0.15) is 19.8 Å². The molecule has 1 unspecified atom stereocenters. The molecular weight excluding hydrogens is 208 g/mol. The summed E-state index contributed by atoms with van der Waals surface area (Å²) in [5.74, 6) is -0.800. The Hall–Kier alpha value is -1.78. The number of aliphatic carboxylic acids is 1. The van der Waals surface area contributed by atoms with Crippen molar-refractivity contribution in [1.82, 2.24) is 9.80 Å². The van der Waals surface area contributed by atoms with E-state index in [2.05, 4.69) is 0 Å². The topological polar surface area (TPSA) is 60.9 Å². The maximum Gasteiger partial charge on any atom is 0.342 e. The first-order valence-corrected chi connectivity index (χ1v) is 5.24. The zero-order valence-corrected chi connectivity index (χ0v) is 9.30. The van der Waals surface area contributed by atoms with Gasteiger partial charge in [0.05, 0.1) is 0 Å². The predicted octanol–water partition coefficient (Wildman–Crippen LogP) is 0.753. The van der Waals surface area contributed by atoms with Crippen molar-refractivity contribution in [3.63, 3.8) is 0 Å². The van der Waals surface area contributed by atoms with Gasteiger partial charge in [-0.15, -0.1) is 0 Å². The molecule has 5 heteroatoms. The van der Waals surface area contributed by atoms with E-state index in [1.165, 1.54) is 6.20 Å². The Morgan fingerprint density at radius 3 is 2.88 bits per heavy atom. The van der Waals surface area contributed by atoms with Crippen molar-refractivity contribution in [2.75, 3.05) is 7.05 Å². The lowest BCUT2D eigenvalue weighted by atomic mass is 10.0. The highest BCUT2D eigenvalue weighted by atomic mass is 16.4. The Morgan fingerprint density at radius 1 is 1.56 bits per heavy atom. The van der Waals surface area contributed by atoms with Gasteiger partial charge in [0, 0.05) is 19.3 Å². The highest BCUT2D eigenvalue weighted by molar-refractivity contribution is 6.16. The van der Waals surface area contributed by atoms with Crippen LogP contribution in [0.4, 0.5) is 0 Å². The molecule has 5 nitrogen and oxygen atoms in total. The second kappa shape index (κ2) is 3.66. The van der Waals surface area contributed by atoms with Gasteiger partial charge in [0.2, 0.25) is 0 Å². The maximum absolute atomic E-state index is 12.0. The van der Waals surface area contributed by atoms with E-state index in [-0.39, 0.29) is 11.6 Å². The predicted molar refractivity (Wildman–Crippen MR) is 57.1 cm³/mol. The number of carboxylic acid groups (broad SMARTS) is 1. The summed E-state index contributed by atoms with van der Waals surface area (Å²) in [5.41, 5.74) is -0.173. The fourth-order valence-corrected chi connectivity index (χ4v) is 2.12. The fraction of sp³-hybridized carbons (Fsp3) is 0.455. The van der Waals surface area contributed by atoms with Crippen LogP contribution in [-0.2, 0) is 9.59 Å². The molecule has 1 amide bonds. The van der Waals surface area contributed by atoms with Gasteiger partial charge in [0.1, 0.15) is 11.4 Å². The minimum atomic E-state index is -1.17. The number of allylic oxidation sites excluding steroid dienone is 1. The molecule has 0 aromatic rings. The Labute approximate surface area is 93.6 Å². The van der Waals surface area contributed by atoms with Gasteiger partial charge in [-0.3, -0.25) is 9.69 Å². The Bertz CT molecular complexity index is 411. The highest BCUT2D eigenvalue weighted by Gasteiger charge is 2.36. The summed E-state index contributed by atoms with van der Waals surface area (Å²) in [7, 11) is 1.76. The molecule has 1 atom stereocenters. The summed E-state index contributed by atoms with van der Waals surface area (Å²) in [5, 5.41) is 8.94. The molecule has 0 fully saturated rings. The van der Waals surface area contributed by atoms with Gasteiger partial charge in [-0.05, 0) is 25.8 Å². The second-order valence-corrected chi connectivity index (χ2v) is 4.12. The largest absolute Gasteiger partial charge is 0.477 e. The number of nitrogens with zero attached hydrogens (tertiary/aromatic N) is 2. The average molecular weight is 222 g/mol. The molecule has 1 N–H and O–H groups in total. The molecule has 0 spiro atoms. The van der Waals surface area contributed by atoms with Crippen LogP contribution in [0.5, 0.6) is 0 Å². The van der Waals surface area contributed by atoms with Crippen LogP contribution < -0.4 is 0 Å². The average Bonchev–Trinajstić information content (AvgIpc) is 2.22. The molecule has 2 rings (SSSR count). The van der Waals surface area contributed by atoms with Crippen molar-refractivity contribution >= 4 is 11.9 Å². The van der Waals surface area contributed by atoms with Crippen LogP contribution in [0.2, 0.25) is 0 Å². The number of rotatable bonds is 1. The number of carbonyl (C=O) groups excluding carboxylic acids is 1. The van der Waals surface area contributed by atoms with Gasteiger partial charge in [-0.1, -0.05) is 0 Å². The monoisotopic (exact) mass is 222 g/mol. The van der Waals surface area contributed by atoms with Crippen molar-refractivity contribution in [3.05, 3.63) is 23.7 Å². The maximum atomic E-state index is 12.0. The first-order valence-electron chi connectivity index (χ1n) is 5.24. The molecule has 0 aromatic carbocycles. The summed E-state index contributed by atoms with van der Waals surface area (Å²) >= 11 is 0. The molecule has 2 aliphatic heterocycles. The third kappa shape index (κ3) is 1.48. The number of hydrogen-bond donors (Lipinski definition) is 1. The van der Waals surface area contributed by atoms with Crippen molar-refractivity contribution in [3.8, 4) is 0 Å². The van der Waals surface area contributed by atoms with Crippen molar-refractivity contribution < 1.29 is 14.7 Å². The van der Waals surface area contributed by atoms with E-state index in [0.29, 0.717) is 0 Å². The number of carboxylic acids is 1. The standard InChI is InChI=1S/C11H14N2O3/c1-7-4-3-5-9-12(2)6-8(11(15)16)10(14)13(7)9/h5-7H,3-4H2,1-2H3,(H,15,16). The summed E-state index contributed by atoms with van der Waals surface area (Å²) in [6, 6.07) is 0.0537. The molecule has 0 aliphatic carbocycles. The third-order valence-corrected chi connectivity index (χ3v) is 2.96. The minimum Gasteiger partial charge on any atom is -0.477 e. The van der Waals surface area contributed by atoms with E-state index in [4.69, 9.17) is 5.11 Å². The van der Waals surface area contributed by atoms with Crippen LogP contribution in [0.15, 0.2) is 23.7 Å². The summed E-state index contributed by atoms with van der Waals surface area (Å²) in [6.45, 7) is 1.93. The zero-order chi connectivity index (χ0) is 11.9. The van der Waals surface area contributed by atoms with Crippen LogP contribution >= 0.6 is 0 Å². The number of fused-ring (bicyclic) bond motifs is 1. The van der Waals surface area contributed by atoms with Crippen molar-refractivity contribution in [2.24, 2.45) is 0 Å². The molecule has 86 valence electrons. The molecule has 2 aliphatic rings. The van der Waals surface area contributed by atoms with Gasteiger partial charge in [0.15, 0.2) is 0 Å². The van der Waals surface area contributed by atoms with Gasteiger partial charge >= 0.3 is 5.97 Å². The van der Waals surface area contributed by atoms with E-state index in [1.807, 2.05) is 13.0 Å². The highest BCUT2D eigenvalue weighted by Crippen LogP contribution is 2.29. The van der Waals surface area contributed by atoms with E-state index >= 15 is 0 Å². The van der Waals surface area contributed by atoms with E-state index in [9.17, 15) is 9.59 Å². The lowest BCUT2D eigenvalue weighted by molar-refractivity contribution is -0.139. The summed E-state index contributed by atoms with van der Waals surface area (Å²) in [6.07, 6.45) is 5.13. The van der Waals surface area contributed by atoms with Crippen LogP contribution in [-0.4, -0.2) is 39.9 Å². The summed E-state index contributed by atoms with van der Waals surface area (Å²) in [4.78, 5) is 26.2. The molecular formula is C11H14N2O3. The summed E-state index contributed by atoms with van der Waals surface area (Å²) < 4.78 is 0. The zero-order valence-electron chi connectivity index (χ0n) is 9.30. The lowest BCUT2D eigenvalue weighted by Crippen LogP contribution is -2.48. The molecule has 0 aromatic heterocycles. The first-order chi connectivity index (χ1) is 7.52. The molecule has 0 bridgehead atoms.